The minimum absolute atomic E-state index is 0.0133. The Bertz CT molecular complexity index is 986. The number of alkyl halides is 3. The summed E-state index contributed by atoms with van der Waals surface area (Å²) in [5.41, 5.74) is 2.20. The number of nitrogens with one attached hydrogen (secondary N) is 1. The van der Waals surface area contributed by atoms with Crippen LogP contribution in [0.2, 0.25) is 0 Å². The summed E-state index contributed by atoms with van der Waals surface area (Å²) in [5, 5.41) is 2.71. The van der Waals surface area contributed by atoms with Crippen LogP contribution < -0.4 is 5.32 Å². The highest BCUT2D eigenvalue weighted by Crippen LogP contribution is 2.29. The topological polar surface area (TPSA) is 54.9 Å². The SMILES string of the molecule is Cc1ccc(NC(=O)c2ccc(C(F)(F)F)nc2C)cc1-c1ccccn1. The molecule has 0 aliphatic rings. The summed E-state index contributed by atoms with van der Waals surface area (Å²) in [6, 6.07) is 12.8. The first-order valence-electron chi connectivity index (χ1n) is 8.14. The predicted molar refractivity (Wildman–Crippen MR) is 96.3 cm³/mol. The van der Waals surface area contributed by atoms with Gasteiger partial charge in [0, 0.05) is 17.4 Å². The Morgan fingerprint density at radius 1 is 1.04 bits per heavy atom. The average molecular weight is 371 g/mol. The number of anilines is 1. The molecule has 0 saturated carbocycles. The van der Waals surface area contributed by atoms with Crippen molar-refractivity contribution in [3.63, 3.8) is 0 Å². The van der Waals surface area contributed by atoms with Crippen molar-refractivity contribution < 1.29 is 18.0 Å². The average Bonchev–Trinajstić information content (AvgIpc) is 2.63. The summed E-state index contributed by atoms with van der Waals surface area (Å²) in [6.45, 7) is 3.30. The summed E-state index contributed by atoms with van der Waals surface area (Å²) < 4.78 is 38.2. The van der Waals surface area contributed by atoms with Crippen LogP contribution in [0, 0.1) is 13.8 Å². The molecule has 2 aromatic heterocycles. The third-order valence-corrected chi connectivity index (χ3v) is 4.06. The highest BCUT2D eigenvalue weighted by molar-refractivity contribution is 6.05. The molecule has 138 valence electrons. The fraction of sp³-hybridized carbons (Fsp3) is 0.150. The standard InChI is InChI=1S/C20H16F3N3O/c1-12-6-7-14(11-16(12)17-5-3-4-10-24-17)26-19(27)15-8-9-18(20(21,22)23)25-13(15)2/h3-11H,1-2H3,(H,26,27). The first-order chi connectivity index (χ1) is 12.8. The second-order valence-electron chi connectivity index (χ2n) is 6.03. The van der Waals surface area contributed by atoms with Crippen LogP contribution in [-0.4, -0.2) is 15.9 Å². The molecule has 1 amide bonds. The number of carbonyl (C=O) groups excluding carboxylic acids is 1. The number of hydrogen-bond acceptors (Lipinski definition) is 3. The van der Waals surface area contributed by atoms with Crippen LogP contribution in [0.25, 0.3) is 11.3 Å². The van der Waals surface area contributed by atoms with Gasteiger partial charge in [-0.25, -0.2) is 4.98 Å². The smallest absolute Gasteiger partial charge is 0.322 e. The second-order valence-corrected chi connectivity index (χ2v) is 6.03. The normalized spacial score (nSPS) is 11.3. The van der Waals surface area contributed by atoms with Crippen LogP contribution >= 0.6 is 0 Å². The molecule has 7 heteroatoms. The van der Waals surface area contributed by atoms with E-state index in [0.717, 1.165) is 29.0 Å². The number of pyridine rings is 2. The number of hydrogen-bond donors (Lipinski definition) is 1. The number of nitrogens with zero attached hydrogens (tertiary/aromatic N) is 2. The number of halogens is 3. The number of aryl methyl sites for hydroxylation is 2. The number of benzene rings is 1. The van der Waals surface area contributed by atoms with Crippen molar-refractivity contribution in [3.05, 3.63) is 77.2 Å². The van der Waals surface area contributed by atoms with Crippen LogP contribution in [0.1, 0.15) is 27.3 Å². The van der Waals surface area contributed by atoms with Gasteiger partial charge in [0.1, 0.15) is 5.69 Å². The lowest BCUT2D eigenvalue weighted by atomic mass is 10.0. The molecule has 0 fully saturated rings. The zero-order valence-corrected chi connectivity index (χ0v) is 14.6. The summed E-state index contributed by atoms with van der Waals surface area (Å²) in [5.74, 6) is -0.524. The quantitative estimate of drug-likeness (QED) is 0.702. The summed E-state index contributed by atoms with van der Waals surface area (Å²) in [6.07, 6.45) is -2.87. The Kier molecular flexibility index (Phi) is 4.94. The van der Waals surface area contributed by atoms with E-state index >= 15 is 0 Å². The fourth-order valence-electron chi connectivity index (χ4n) is 2.66. The van der Waals surface area contributed by atoms with Gasteiger partial charge in [-0.1, -0.05) is 12.1 Å². The second kappa shape index (κ2) is 7.19. The molecule has 1 aromatic carbocycles. The largest absolute Gasteiger partial charge is 0.433 e. The molecule has 0 saturated heterocycles. The van der Waals surface area contributed by atoms with Gasteiger partial charge in [0.2, 0.25) is 0 Å². The summed E-state index contributed by atoms with van der Waals surface area (Å²) >= 11 is 0. The molecule has 0 spiro atoms. The van der Waals surface area contributed by atoms with Crippen LogP contribution in [0.4, 0.5) is 18.9 Å². The molecule has 0 unspecified atom stereocenters. The van der Waals surface area contributed by atoms with Gasteiger partial charge in [-0.2, -0.15) is 13.2 Å². The van der Waals surface area contributed by atoms with Crippen LogP contribution in [-0.2, 0) is 6.18 Å². The van der Waals surface area contributed by atoms with E-state index in [1.807, 2.05) is 31.2 Å². The zero-order chi connectivity index (χ0) is 19.6. The lowest BCUT2D eigenvalue weighted by molar-refractivity contribution is -0.141. The summed E-state index contributed by atoms with van der Waals surface area (Å²) in [4.78, 5) is 20.3. The Labute approximate surface area is 154 Å². The number of carbonyl (C=O) groups is 1. The van der Waals surface area contributed by atoms with E-state index in [1.165, 1.54) is 6.92 Å². The molecule has 0 atom stereocenters. The monoisotopic (exact) mass is 371 g/mol. The van der Waals surface area contributed by atoms with E-state index in [0.29, 0.717) is 5.69 Å². The lowest BCUT2D eigenvalue weighted by Gasteiger charge is -2.12. The summed E-state index contributed by atoms with van der Waals surface area (Å²) in [7, 11) is 0. The van der Waals surface area contributed by atoms with E-state index in [4.69, 9.17) is 0 Å². The number of aromatic nitrogens is 2. The third kappa shape index (κ3) is 4.13. The van der Waals surface area contributed by atoms with Crippen LogP contribution in [0.15, 0.2) is 54.7 Å². The maximum atomic E-state index is 12.7. The van der Waals surface area contributed by atoms with Gasteiger partial charge in [-0.05, 0) is 55.8 Å². The van der Waals surface area contributed by atoms with E-state index in [1.54, 1.807) is 18.3 Å². The van der Waals surface area contributed by atoms with Crippen molar-refractivity contribution in [2.45, 2.75) is 20.0 Å². The first-order valence-corrected chi connectivity index (χ1v) is 8.14. The van der Waals surface area contributed by atoms with Gasteiger partial charge < -0.3 is 5.32 Å². The van der Waals surface area contributed by atoms with Crippen molar-refractivity contribution in [3.8, 4) is 11.3 Å². The fourth-order valence-corrected chi connectivity index (χ4v) is 2.66. The Balaban J connectivity index is 1.87. The molecule has 0 aliphatic heterocycles. The molecule has 3 rings (SSSR count). The van der Waals surface area contributed by atoms with Crippen LogP contribution in [0.3, 0.4) is 0 Å². The van der Waals surface area contributed by atoms with E-state index in [-0.39, 0.29) is 11.3 Å². The van der Waals surface area contributed by atoms with Crippen molar-refractivity contribution in [1.29, 1.82) is 0 Å². The molecule has 0 bridgehead atoms. The maximum absolute atomic E-state index is 12.7. The van der Waals surface area contributed by atoms with Gasteiger partial charge in [-0.15, -0.1) is 0 Å². The molecular formula is C20H16F3N3O. The Hall–Kier alpha value is -3.22. The van der Waals surface area contributed by atoms with Crippen molar-refractivity contribution in [1.82, 2.24) is 9.97 Å². The van der Waals surface area contributed by atoms with Crippen molar-refractivity contribution in [2.75, 3.05) is 5.32 Å². The van der Waals surface area contributed by atoms with E-state index in [9.17, 15) is 18.0 Å². The molecule has 27 heavy (non-hydrogen) atoms. The van der Waals surface area contributed by atoms with Gasteiger partial charge >= 0.3 is 6.18 Å². The van der Waals surface area contributed by atoms with Crippen LogP contribution in [0.5, 0.6) is 0 Å². The van der Waals surface area contributed by atoms with Gasteiger partial charge in [-0.3, -0.25) is 9.78 Å². The molecule has 1 N–H and O–H groups in total. The van der Waals surface area contributed by atoms with E-state index < -0.39 is 17.8 Å². The minimum atomic E-state index is -4.55. The maximum Gasteiger partial charge on any atom is 0.433 e. The molecular weight excluding hydrogens is 355 g/mol. The number of amides is 1. The molecule has 4 nitrogen and oxygen atoms in total. The third-order valence-electron chi connectivity index (χ3n) is 4.06. The number of rotatable bonds is 3. The highest BCUT2D eigenvalue weighted by atomic mass is 19.4. The Morgan fingerprint density at radius 2 is 1.81 bits per heavy atom. The zero-order valence-electron chi connectivity index (χ0n) is 14.6. The van der Waals surface area contributed by atoms with Gasteiger partial charge in [0.15, 0.2) is 0 Å². The van der Waals surface area contributed by atoms with Crippen molar-refractivity contribution in [2.24, 2.45) is 0 Å². The molecule has 2 heterocycles. The molecule has 0 radical (unpaired) electrons. The highest BCUT2D eigenvalue weighted by Gasteiger charge is 2.33. The Morgan fingerprint density at radius 3 is 2.44 bits per heavy atom. The molecule has 0 aliphatic carbocycles. The van der Waals surface area contributed by atoms with Crippen molar-refractivity contribution >= 4 is 11.6 Å². The first kappa shape index (κ1) is 18.6. The van der Waals surface area contributed by atoms with Gasteiger partial charge in [0.05, 0.1) is 17.0 Å². The minimum Gasteiger partial charge on any atom is -0.322 e. The van der Waals surface area contributed by atoms with Gasteiger partial charge in [0.25, 0.3) is 5.91 Å². The predicted octanol–water partition coefficient (Wildman–Crippen LogP) is 5.03. The molecule has 3 aromatic rings. The van der Waals surface area contributed by atoms with E-state index in [2.05, 4.69) is 15.3 Å². The lowest BCUT2D eigenvalue weighted by Crippen LogP contribution is -2.16.